The van der Waals surface area contributed by atoms with E-state index in [4.69, 9.17) is 5.73 Å². The Kier molecular flexibility index (Phi) is 2.63. The van der Waals surface area contributed by atoms with Crippen LogP contribution in [0.4, 0.5) is 11.4 Å². The lowest BCUT2D eigenvalue weighted by molar-refractivity contribution is -0.136. The van der Waals surface area contributed by atoms with Gasteiger partial charge in [0.05, 0.1) is 28.0 Å². The number of nitrogens with zero attached hydrogens (tertiary/aromatic N) is 2. The van der Waals surface area contributed by atoms with Gasteiger partial charge in [-0.15, -0.1) is 11.3 Å². The van der Waals surface area contributed by atoms with Crippen molar-refractivity contribution in [2.24, 2.45) is 0 Å². The second-order valence-corrected chi connectivity index (χ2v) is 5.30. The molecule has 1 aliphatic rings. The molecule has 1 aliphatic heterocycles. The zero-order valence-electron chi connectivity index (χ0n) is 10.2. The van der Waals surface area contributed by atoms with Gasteiger partial charge < -0.3 is 11.1 Å². The summed E-state index contributed by atoms with van der Waals surface area (Å²) in [5, 5.41) is 3.03. The number of fused-ring (bicyclic) bond motifs is 1. The number of anilines is 2. The molecule has 1 fully saturated rings. The summed E-state index contributed by atoms with van der Waals surface area (Å²) in [5.41, 5.74) is 9.62. The number of nitrogens with two attached hydrogens (primary N) is 1. The van der Waals surface area contributed by atoms with E-state index in [1.54, 1.807) is 5.51 Å². The van der Waals surface area contributed by atoms with Gasteiger partial charge in [0, 0.05) is 7.05 Å². The topological polar surface area (TPSA) is 88.3 Å². The molecule has 1 atom stereocenters. The van der Waals surface area contributed by atoms with Crippen LogP contribution in [0, 0.1) is 0 Å². The van der Waals surface area contributed by atoms with Crippen LogP contribution < -0.4 is 11.1 Å². The van der Waals surface area contributed by atoms with Crippen LogP contribution in [0.1, 0.15) is 6.42 Å². The molecule has 1 saturated heterocycles. The molecule has 2 heterocycles. The van der Waals surface area contributed by atoms with Gasteiger partial charge in [-0.3, -0.25) is 14.5 Å². The van der Waals surface area contributed by atoms with Crippen LogP contribution >= 0.6 is 11.3 Å². The molecule has 1 aromatic heterocycles. The highest BCUT2D eigenvalue weighted by molar-refractivity contribution is 7.16. The van der Waals surface area contributed by atoms with Gasteiger partial charge in [0.2, 0.25) is 5.91 Å². The summed E-state index contributed by atoms with van der Waals surface area (Å²) < 4.78 is 0.994. The average molecular weight is 276 g/mol. The van der Waals surface area contributed by atoms with E-state index in [0.717, 1.165) is 15.1 Å². The zero-order valence-corrected chi connectivity index (χ0v) is 11.0. The highest BCUT2D eigenvalue weighted by Gasteiger charge is 2.36. The summed E-state index contributed by atoms with van der Waals surface area (Å²) in [5.74, 6) is -0.418. The molecule has 2 amide bonds. The standard InChI is InChI=1S/C12H12N4O2S/c1-16-9(17)4-7(12(16)18)15-6-2-3-8-11(10(6)13)14-5-19-8/h2-3,5,7,15H,4,13H2,1H3. The van der Waals surface area contributed by atoms with Crippen LogP contribution in [-0.2, 0) is 9.59 Å². The van der Waals surface area contributed by atoms with Crippen LogP contribution in [0.15, 0.2) is 17.6 Å². The van der Waals surface area contributed by atoms with Crippen molar-refractivity contribution in [3.63, 3.8) is 0 Å². The maximum Gasteiger partial charge on any atom is 0.251 e. The Hall–Kier alpha value is -2.15. The van der Waals surface area contributed by atoms with Crippen molar-refractivity contribution in [1.29, 1.82) is 0 Å². The highest BCUT2D eigenvalue weighted by Crippen LogP contribution is 2.31. The fraction of sp³-hybridized carbons (Fsp3) is 0.250. The van der Waals surface area contributed by atoms with E-state index in [-0.39, 0.29) is 18.2 Å². The first-order valence-electron chi connectivity index (χ1n) is 5.76. The maximum atomic E-state index is 11.8. The first kappa shape index (κ1) is 11.9. The van der Waals surface area contributed by atoms with Crippen molar-refractivity contribution in [2.75, 3.05) is 18.1 Å². The van der Waals surface area contributed by atoms with Gasteiger partial charge in [-0.25, -0.2) is 4.98 Å². The number of carbonyl (C=O) groups is 2. The summed E-state index contributed by atoms with van der Waals surface area (Å²) in [6.07, 6.45) is 0.157. The number of likely N-dealkylation sites (tertiary alicyclic amines) is 1. The molecular formula is C12H12N4O2S. The van der Waals surface area contributed by atoms with Crippen LogP contribution in [0.25, 0.3) is 10.2 Å². The number of hydrogen-bond acceptors (Lipinski definition) is 6. The number of likely N-dealkylation sites (N-methyl/N-ethyl adjacent to an activating group) is 1. The normalized spacial score (nSPS) is 19.4. The van der Waals surface area contributed by atoms with Crippen LogP contribution in [0.5, 0.6) is 0 Å². The van der Waals surface area contributed by atoms with Crippen molar-refractivity contribution in [3.8, 4) is 0 Å². The van der Waals surface area contributed by atoms with E-state index in [2.05, 4.69) is 10.3 Å². The minimum absolute atomic E-state index is 0.157. The molecule has 1 aromatic carbocycles. The summed E-state index contributed by atoms with van der Waals surface area (Å²) >= 11 is 1.51. The minimum Gasteiger partial charge on any atom is -0.395 e. The Morgan fingerprint density at radius 3 is 2.95 bits per heavy atom. The molecule has 2 aromatic rings. The number of hydrogen-bond donors (Lipinski definition) is 2. The number of rotatable bonds is 2. The fourth-order valence-corrected chi connectivity index (χ4v) is 2.83. The third-order valence-corrected chi connectivity index (χ3v) is 4.05. The molecule has 1 unspecified atom stereocenters. The highest BCUT2D eigenvalue weighted by atomic mass is 32.1. The van der Waals surface area contributed by atoms with E-state index in [1.807, 2.05) is 12.1 Å². The molecule has 0 bridgehead atoms. The summed E-state index contributed by atoms with van der Waals surface area (Å²) in [4.78, 5) is 28.6. The van der Waals surface area contributed by atoms with Gasteiger partial charge in [-0.1, -0.05) is 0 Å². The fourth-order valence-electron chi connectivity index (χ4n) is 2.13. The minimum atomic E-state index is -0.545. The van der Waals surface area contributed by atoms with E-state index in [1.165, 1.54) is 18.4 Å². The Morgan fingerprint density at radius 1 is 1.47 bits per heavy atom. The number of benzene rings is 1. The second kappa shape index (κ2) is 4.20. The molecule has 3 rings (SSSR count). The SMILES string of the molecule is CN1C(=O)CC(Nc2ccc3scnc3c2N)C1=O. The van der Waals surface area contributed by atoms with Crippen molar-refractivity contribution >= 4 is 44.7 Å². The van der Waals surface area contributed by atoms with Crippen LogP contribution in [0.2, 0.25) is 0 Å². The smallest absolute Gasteiger partial charge is 0.251 e. The first-order valence-corrected chi connectivity index (χ1v) is 6.64. The molecule has 0 aliphatic carbocycles. The molecule has 98 valence electrons. The summed E-state index contributed by atoms with van der Waals surface area (Å²) in [6.45, 7) is 0. The van der Waals surface area contributed by atoms with Gasteiger partial charge in [-0.05, 0) is 12.1 Å². The second-order valence-electron chi connectivity index (χ2n) is 4.42. The number of imide groups is 1. The first-order chi connectivity index (χ1) is 9.08. The van der Waals surface area contributed by atoms with Gasteiger partial charge in [0.1, 0.15) is 11.6 Å². The quantitative estimate of drug-likeness (QED) is 0.632. The molecule has 7 heteroatoms. The third-order valence-electron chi connectivity index (χ3n) is 3.25. The molecule has 19 heavy (non-hydrogen) atoms. The Bertz CT molecular complexity index is 681. The molecule has 3 N–H and O–H groups in total. The zero-order chi connectivity index (χ0) is 13.6. The Morgan fingerprint density at radius 2 is 2.26 bits per heavy atom. The predicted octanol–water partition coefficient (Wildman–Crippen LogP) is 1.05. The van der Waals surface area contributed by atoms with Crippen LogP contribution in [0.3, 0.4) is 0 Å². The summed E-state index contributed by atoms with van der Waals surface area (Å²) in [7, 11) is 1.49. The van der Waals surface area contributed by atoms with Crippen molar-refractivity contribution in [3.05, 3.63) is 17.6 Å². The van der Waals surface area contributed by atoms with Crippen molar-refractivity contribution in [1.82, 2.24) is 9.88 Å². The average Bonchev–Trinajstić information content (AvgIpc) is 2.95. The molecule has 0 spiro atoms. The van der Waals surface area contributed by atoms with E-state index in [0.29, 0.717) is 11.4 Å². The summed E-state index contributed by atoms with van der Waals surface area (Å²) in [6, 6.07) is 3.17. The van der Waals surface area contributed by atoms with Gasteiger partial charge in [0.25, 0.3) is 5.91 Å². The molecule has 0 radical (unpaired) electrons. The van der Waals surface area contributed by atoms with Crippen molar-refractivity contribution in [2.45, 2.75) is 12.5 Å². The maximum absolute atomic E-state index is 11.8. The number of aromatic nitrogens is 1. The number of nitrogen functional groups attached to an aromatic ring is 1. The lowest BCUT2D eigenvalue weighted by Gasteiger charge is -2.14. The number of amides is 2. The lowest BCUT2D eigenvalue weighted by atomic mass is 10.2. The van der Waals surface area contributed by atoms with Crippen LogP contribution in [-0.4, -0.2) is 34.8 Å². The van der Waals surface area contributed by atoms with Gasteiger partial charge in [0.15, 0.2) is 0 Å². The monoisotopic (exact) mass is 276 g/mol. The molecule has 6 nitrogen and oxygen atoms in total. The number of carbonyl (C=O) groups excluding carboxylic acids is 2. The molecular weight excluding hydrogens is 264 g/mol. The van der Waals surface area contributed by atoms with Gasteiger partial charge in [-0.2, -0.15) is 0 Å². The molecule has 0 saturated carbocycles. The van der Waals surface area contributed by atoms with E-state index in [9.17, 15) is 9.59 Å². The van der Waals surface area contributed by atoms with Crippen molar-refractivity contribution < 1.29 is 9.59 Å². The van der Waals surface area contributed by atoms with E-state index < -0.39 is 6.04 Å². The largest absolute Gasteiger partial charge is 0.395 e. The predicted molar refractivity (Wildman–Crippen MR) is 73.8 cm³/mol. The number of thiazole rings is 1. The van der Waals surface area contributed by atoms with E-state index >= 15 is 0 Å². The van der Waals surface area contributed by atoms with Gasteiger partial charge >= 0.3 is 0 Å². The number of nitrogens with one attached hydrogen (secondary N) is 1. The Labute approximate surface area is 113 Å². The lowest BCUT2D eigenvalue weighted by Crippen LogP contribution is -2.32. The Balaban J connectivity index is 1.92. The third kappa shape index (κ3) is 1.82.